The van der Waals surface area contributed by atoms with Crippen LogP contribution in [0.5, 0.6) is 0 Å². The van der Waals surface area contributed by atoms with Crippen molar-refractivity contribution in [2.75, 3.05) is 0 Å². The van der Waals surface area contributed by atoms with E-state index in [9.17, 15) is 4.39 Å². The SMILES string of the molecule is NC1(c2ccc3cc[nH]c3c2F)CCC1. The van der Waals surface area contributed by atoms with Crippen LogP contribution in [0.15, 0.2) is 24.4 Å². The molecular formula is C12H13FN2. The van der Waals surface area contributed by atoms with Crippen LogP contribution >= 0.6 is 0 Å². The highest BCUT2D eigenvalue weighted by atomic mass is 19.1. The Morgan fingerprint density at radius 1 is 1.27 bits per heavy atom. The van der Waals surface area contributed by atoms with Crippen LogP contribution in [0.1, 0.15) is 24.8 Å². The first-order valence-electron chi connectivity index (χ1n) is 5.26. The lowest BCUT2D eigenvalue weighted by Gasteiger charge is -2.38. The van der Waals surface area contributed by atoms with E-state index < -0.39 is 5.54 Å². The topological polar surface area (TPSA) is 41.8 Å². The van der Waals surface area contributed by atoms with Gasteiger partial charge in [0.15, 0.2) is 5.82 Å². The molecule has 0 spiro atoms. The van der Waals surface area contributed by atoms with Gasteiger partial charge in [-0.15, -0.1) is 0 Å². The van der Waals surface area contributed by atoms with E-state index in [0.717, 1.165) is 24.6 Å². The minimum absolute atomic E-state index is 0.181. The zero-order valence-electron chi connectivity index (χ0n) is 8.39. The number of H-pyrrole nitrogens is 1. The van der Waals surface area contributed by atoms with E-state index in [1.807, 2.05) is 18.2 Å². The molecule has 0 bridgehead atoms. The normalized spacial score (nSPS) is 19.1. The molecule has 1 heterocycles. The number of aromatic nitrogens is 1. The molecule has 1 aromatic heterocycles. The summed E-state index contributed by atoms with van der Waals surface area (Å²) in [6, 6.07) is 5.62. The zero-order chi connectivity index (χ0) is 10.5. The van der Waals surface area contributed by atoms with E-state index in [4.69, 9.17) is 5.73 Å². The van der Waals surface area contributed by atoms with Crippen molar-refractivity contribution in [3.05, 3.63) is 35.8 Å². The third-order valence-corrected chi connectivity index (χ3v) is 3.45. The molecule has 1 fully saturated rings. The summed E-state index contributed by atoms with van der Waals surface area (Å²) in [6.07, 6.45) is 4.62. The van der Waals surface area contributed by atoms with Gasteiger partial charge in [-0.3, -0.25) is 0 Å². The Hall–Kier alpha value is -1.35. The number of halogens is 1. The highest BCUT2D eigenvalue weighted by Gasteiger charge is 2.37. The summed E-state index contributed by atoms with van der Waals surface area (Å²) in [5.41, 5.74) is 6.93. The highest BCUT2D eigenvalue weighted by molar-refractivity contribution is 5.81. The van der Waals surface area contributed by atoms with Gasteiger partial charge in [0.05, 0.1) is 5.52 Å². The minimum Gasteiger partial charge on any atom is -0.359 e. The van der Waals surface area contributed by atoms with Gasteiger partial charge in [-0.05, 0) is 25.3 Å². The number of rotatable bonds is 1. The second-order valence-corrected chi connectivity index (χ2v) is 4.38. The molecule has 3 N–H and O–H groups in total. The number of nitrogens with one attached hydrogen (secondary N) is 1. The van der Waals surface area contributed by atoms with Crippen molar-refractivity contribution in [1.82, 2.24) is 4.98 Å². The second kappa shape index (κ2) is 2.83. The Morgan fingerprint density at radius 3 is 2.73 bits per heavy atom. The minimum atomic E-state index is -0.427. The maximum absolute atomic E-state index is 14.1. The van der Waals surface area contributed by atoms with Crippen molar-refractivity contribution in [1.29, 1.82) is 0 Å². The maximum atomic E-state index is 14.1. The summed E-state index contributed by atoms with van der Waals surface area (Å²) in [7, 11) is 0. The molecule has 0 aliphatic heterocycles. The molecule has 3 heteroatoms. The van der Waals surface area contributed by atoms with E-state index in [1.54, 1.807) is 6.20 Å². The van der Waals surface area contributed by atoms with E-state index in [-0.39, 0.29) is 5.82 Å². The van der Waals surface area contributed by atoms with Crippen LogP contribution in [0.4, 0.5) is 4.39 Å². The van der Waals surface area contributed by atoms with E-state index in [2.05, 4.69) is 4.98 Å². The van der Waals surface area contributed by atoms with Gasteiger partial charge < -0.3 is 10.7 Å². The first kappa shape index (κ1) is 8.92. The summed E-state index contributed by atoms with van der Waals surface area (Å²) in [5.74, 6) is -0.181. The number of benzene rings is 1. The van der Waals surface area contributed by atoms with Gasteiger partial charge in [-0.1, -0.05) is 12.1 Å². The maximum Gasteiger partial charge on any atom is 0.152 e. The van der Waals surface area contributed by atoms with E-state index in [0.29, 0.717) is 11.1 Å². The molecule has 1 aliphatic rings. The molecule has 1 aromatic carbocycles. The monoisotopic (exact) mass is 204 g/mol. The quantitative estimate of drug-likeness (QED) is 0.736. The molecule has 0 atom stereocenters. The van der Waals surface area contributed by atoms with Gasteiger partial charge in [0.2, 0.25) is 0 Å². The average molecular weight is 204 g/mol. The number of hydrogen-bond donors (Lipinski definition) is 2. The van der Waals surface area contributed by atoms with Crippen LogP contribution < -0.4 is 5.73 Å². The fraction of sp³-hybridized carbons (Fsp3) is 0.333. The molecule has 1 aliphatic carbocycles. The molecule has 0 amide bonds. The summed E-state index contributed by atoms with van der Waals surface area (Å²) in [4.78, 5) is 2.92. The molecule has 0 saturated heterocycles. The predicted octanol–water partition coefficient (Wildman–Crippen LogP) is 2.64. The van der Waals surface area contributed by atoms with Gasteiger partial charge in [0.25, 0.3) is 0 Å². The Morgan fingerprint density at radius 2 is 2.07 bits per heavy atom. The zero-order valence-corrected chi connectivity index (χ0v) is 8.39. The third-order valence-electron chi connectivity index (χ3n) is 3.45. The largest absolute Gasteiger partial charge is 0.359 e. The van der Waals surface area contributed by atoms with Gasteiger partial charge >= 0.3 is 0 Å². The molecule has 0 radical (unpaired) electrons. The Balaban J connectivity index is 2.22. The molecule has 2 nitrogen and oxygen atoms in total. The van der Waals surface area contributed by atoms with Gasteiger partial charge in [0, 0.05) is 22.7 Å². The predicted molar refractivity (Wildman–Crippen MR) is 58.0 cm³/mol. The number of hydrogen-bond acceptors (Lipinski definition) is 1. The smallest absolute Gasteiger partial charge is 0.152 e. The lowest BCUT2D eigenvalue weighted by atomic mass is 9.72. The number of aromatic amines is 1. The third kappa shape index (κ3) is 1.13. The molecule has 78 valence electrons. The van der Waals surface area contributed by atoms with Crippen molar-refractivity contribution in [2.45, 2.75) is 24.8 Å². The van der Waals surface area contributed by atoms with Crippen molar-refractivity contribution < 1.29 is 4.39 Å². The van der Waals surface area contributed by atoms with Crippen molar-refractivity contribution in [2.24, 2.45) is 5.73 Å². The first-order valence-corrected chi connectivity index (χ1v) is 5.26. The molecular weight excluding hydrogens is 191 g/mol. The van der Waals surface area contributed by atoms with Crippen LogP contribution in [0, 0.1) is 5.82 Å². The first-order chi connectivity index (χ1) is 7.21. The lowest BCUT2D eigenvalue weighted by molar-refractivity contribution is 0.246. The standard InChI is InChI=1S/C12H13FN2/c13-10-9(12(14)5-1-6-12)3-2-8-4-7-15-11(8)10/h2-4,7,15H,1,5-6,14H2. The highest BCUT2D eigenvalue weighted by Crippen LogP contribution is 2.40. The van der Waals surface area contributed by atoms with Crippen molar-refractivity contribution in [3.63, 3.8) is 0 Å². The van der Waals surface area contributed by atoms with Crippen LogP contribution in [-0.2, 0) is 5.54 Å². The van der Waals surface area contributed by atoms with Gasteiger partial charge in [0.1, 0.15) is 0 Å². The second-order valence-electron chi connectivity index (χ2n) is 4.38. The van der Waals surface area contributed by atoms with Crippen LogP contribution in [0.2, 0.25) is 0 Å². The van der Waals surface area contributed by atoms with E-state index >= 15 is 0 Å². The van der Waals surface area contributed by atoms with E-state index in [1.165, 1.54) is 0 Å². The molecule has 3 rings (SSSR count). The van der Waals surface area contributed by atoms with Gasteiger partial charge in [-0.2, -0.15) is 0 Å². The van der Waals surface area contributed by atoms with Crippen LogP contribution in [0.3, 0.4) is 0 Å². The molecule has 15 heavy (non-hydrogen) atoms. The Labute approximate surface area is 87.3 Å². The molecule has 1 saturated carbocycles. The summed E-state index contributed by atoms with van der Waals surface area (Å²) in [6.45, 7) is 0. The van der Waals surface area contributed by atoms with Crippen LogP contribution in [0.25, 0.3) is 10.9 Å². The number of fused-ring (bicyclic) bond motifs is 1. The summed E-state index contributed by atoms with van der Waals surface area (Å²) < 4.78 is 14.1. The number of nitrogens with two attached hydrogens (primary N) is 1. The fourth-order valence-electron chi connectivity index (χ4n) is 2.30. The Kier molecular flexibility index (Phi) is 1.68. The Bertz CT molecular complexity index is 511. The summed E-state index contributed by atoms with van der Waals surface area (Å²) in [5, 5.41) is 0.902. The van der Waals surface area contributed by atoms with Crippen LogP contribution in [-0.4, -0.2) is 4.98 Å². The average Bonchev–Trinajstić information content (AvgIpc) is 2.64. The molecule has 2 aromatic rings. The van der Waals surface area contributed by atoms with Gasteiger partial charge in [-0.25, -0.2) is 4.39 Å². The fourth-order valence-corrected chi connectivity index (χ4v) is 2.30. The molecule has 0 unspecified atom stereocenters. The lowest BCUT2D eigenvalue weighted by Crippen LogP contribution is -2.44. The summed E-state index contributed by atoms with van der Waals surface area (Å²) >= 11 is 0. The van der Waals surface area contributed by atoms with Crippen molar-refractivity contribution >= 4 is 10.9 Å². The van der Waals surface area contributed by atoms with Crippen molar-refractivity contribution in [3.8, 4) is 0 Å².